The summed E-state index contributed by atoms with van der Waals surface area (Å²) in [5, 5.41) is 11.0. The summed E-state index contributed by atoms with van der Waals surface area (Å²) in [5.74, 6) is 0.0824. The van der Waals surface area contributed by atoms with Crippen LogP contribution in [0.25, 0.3) is 0 Å². The Bertz CT molecular complexity index is 1100. The number of methoxy groups -OCH3 is 1. The zero-order valence-corrected chi connectivity index (χ0v) is 20.5. The standard InChI is InChI=1S/C24H29FN6O2.H2S/c1-3-21(32)18-9-17(23(25)22(10-18)33-2)7-6-16-11-27-24(28-12-16)30-19-13-29-31(15-19)20-5-4-8-26-14-20;/h9-13,15,20,26H,3-8,14H2,1-2H3,(H,27,28,30);1H2/t20-;/m0./s1. The molecule has 8 nitrogen and oxygen atoms in total. The highest BCUT2D eigenvalue weighted by Gasteiger charge is 2.17. The van der Waals surface area contributed by atoms with Crippen LogP contribution in [0.15, 0.2) is 36.9 Å². The molecule has 182 valence electrons. The van der Waals surface area contributed by atoms with Gasteiger partial charge >= 0.3 is 0 Å². The predicted molar refractivity (Wildman–Crippen MR) is 134 cm³/mol. The molecule has 0 unspecified atom stereocenters. The van der Waals surface area contributed by atoms with Crippen LogP contribution >= 0.6 is 13.5 Å². The molecule has 2 N–H and O–H groups in total. The maximum absolute atomic E-state index is 14.7. The van der Waals surface area contributed by atoms with Crippen molar-refractivity contribution in [2.45, 2.75) is 45.1 Å². The second-order valence-corrected chi connectivity index (χ2v) is 8.18. The SMILES string of the molecule is CCC(=O)c1cc(CCc2cnc(Nc3cnn([C@H]4CCCNC4)c3)nc2)c(F)c(OC)c1.S. The van der Waals surface area contributed by atoms with Crippen molar-refractivity contribution in [3.05, 3.63) is 59.4 Å². The van der Waals surface area contributed by atoms with Gasteiger partial charge < -0.3 is 15.4 Å². The molecule has 1 aromatic carbocycles. The largest absolute Gasteiger partial charge is 0.494 e. The lowest BCUT2D eigenvalue weighted by Crippen LogP contribution is -2.31. The third kappa shape index (κ3) is 6.12. The summed E-state index contributed by atoms with van der Waals surface area (Å²) in [6.45, 7) is 3.77. The number of halogens is 1. The quantitative estimate of drug-likeness (QED) is 0.442. The summed E-state index contributed by atoms with van der Waals surface area (Å²) < 4.78 is 21.8. The smallest absolute Gasteiger partial charge is 0.227 e. The summed E-state index contributed by atoms with van der Waals surface area (Å²) >= 11 is 0. The highest BCUT2D eigenvalue weighted by Crippen LogP contribution is 2.25. The summed E-state index contributed by atoms with van der Waals surface area (Å²) in [4.78, 5) is 20.8. The Balaban J connectivity index is 0.00000324. The number of piperidine rings is 1. The van der Waals surface area contributed by atoms with Crippen LogP contribution in [0.5, 0.6) is 5.75 Å². The molecule has 0 radical (unpaired) electrons. The van der Waals surface area contributed by atoms with Gasteiger partial charge in [-0.15, -0.1) is 0 Å². The summed E-state index contributed by atoms with van der Waals surface area (Å²) in [5.41, 5.74) is 2.61. The summed E-state index contributed by atoms with van der Waals surface area (Å²) in [7, 11) is 1.40. The van der Waals surface area contributed by atoms with Gasteiger partial charge in [-0.2, -0.15) is 18.6 Å². The van der Waals surface area contributed by atoms with Gasteiger partial charge in [-0.3, -0.25) is 9.48 Å². The maximum atomic E-state index is 14.7. The van der Waals surface area contributed by atoms with E-state index in [2.05, 4.69) is 25.7 Å². The van der Waals surface area contributed by atoms with Gasteiger partial charge in [0.25, 0.3) is 0 Å². The lowest BCUT2D eigenvalue weighted by molar-refractivity contribution is 0.0987. The fourth-order valence-corrected chi connectivity index (χ4v) is 3.97. The van der Waals surface area contributed by atoms with Crippen LogP contribution < -0.4 is 15.4 Å². The minimum Gasteiger partial charge on any atom is -0.494 e. The second kappa shape index (κ2) is 11.9. The molecule has 3 heterocycles. The first kappa shape index (κ1) is 25.6. The van der Waals surface area contributed by atoms with Gasteiger partial charge in [0.2, 0.25) is 5.95 Å². The van der Waals surface area contributed by atoms with Crippen molar-refractivity contribution < 1.29 is 13.9 Å². The zero-order valence-electron chi connectivity index (χ0n) is 19.5. The number of nitrogens with one attached hydrogen (secondary N) is 2. The highest BCUT2D eigenvalue weighted by atomic mass is 32.1. The number of aromatic nitrogens is 4. The van der Waals surface area contributed by atoms with Crippen molar-refractivity contribution in [2.75, 3.05) is 25.5 Å². The Kier molecular flexibility index (Phi) is 9.00. The molecule has 34 heavy (non-hydrogen) atoms. The Morgan fingerprint density at radius 1 is 1.26 bits per heavy atom. The average molecular weight is 487 g/mol. The molecule has 4 rings (SSSR count). The molecule has 0 saturated carbocycles. The minimum atomic E-state index is -0.436. The van der Waals surface area contributed by atoms with Crippen molar-refractivity contribution in [3.8, 4) is 5.75 Å². The van der Waals surface area contributed by atoms with Crippen molar-refractivity contribution >= 4 is 30.9 Å². The summed E-state index contributed by atoms with van der Waals surface area (Å²) in [6, 6.07) is 3.43. The predicted octanol–water partition coefficient (Wildman–Crippen LogP) is 3.98. The summed E-state index contributed by atoms with van der Waals surface area (Å²) in [6.07, 6.45) is 10.7. The maximum Gasteiger partial charge on any atom is 0.227 e. The Morgan fingerprint density at radius 3 is 2.74 bits per heavy atom. The number of carbonyl (C=O) groups is 1. The Morgan fingerprint density at radius 2 is 2.06 bits per heavy atom. The molecule has 2 aromatic heterocycles. The first-order valence-corrected chi connectivity index (χ1v) is 11.3. The van der Waals surface area contributed by atoms with E-state index in [-0.39, 0.29) is 25.0 Å². The molecule has 0 bridgehead atoms. The van der Waals surface area contributed by atoms with Crippen molar-refractivity contribution in [3.63, 3.8) is 0 Å². The first-order valence-electron chi connectivity index (χ1n) is 11.3. The van der Waals surface area contributed by atoms with E-state index in [0.717, 1.165) is 37.2 Å². The molecule has 0 spiro atoms. The van der Waals surface area contributed by atoms with Gasteiger partial charge in [-0.05, 0) is 55.5 Å². The number of hydrogen-bond acceptors (Lipinski definition) is 7. The highest BCUT2D eigenvalue weighted by molar-refractivity contribution is 7.59. The number of benzene rings is 1. The molecule has 0 amide bonds. The van der Waals surface area contributed by atoms with E-state index in [1.165, 1.54) is 13.2 Å². The molecule has 10 heteroatoms. The van der Waals surface area contributed by atoms with Crippen molar-refractivity contribution in [2.24, 2.45) is 0 Å². The van der Waals surface area contributed by atoms with Gasteiger partial charge in [0.15, 0.2) is 17.3 Å². The van der Waals surface area contributed by atoms with E-state index in [1.807, 2.05) is 10.9 Å². The van der Waals surface area contributed by atoms with Gasteiger partial charge in [0, 0.05) is 37.1 Å². The van der Waals surface area contributed by atoms with Crippen LogP contribution in [0.4, 0.5) is 16.0 Å². The zero-order chi connectivity index (χ0) is 23.2. The van der Waals surface area contributed by atoms with Gasteiger partial charge in [0.05, 0.1) is 25.0 Å². The monoisotopic (exact) mass is 486 g/mol. The molecular formula is C24H31FN6O2S. The molecule has 1 saturated heterocycles. The topological polar surface area (TPSA) is 94.0 Å². The number of hydrogen-bond donors (Lipinski definition) is 2. The molecule has 1 aliphatic heterocycles. The van der Waals surface area contributed by atoms with E-state index in [1.54, 1.807) is 31.6 Å². The number of ether oxygens (including phenoxy) is 1. The lowest BCUT2D eigenvalue weighted by Gasteiger charge is -2.22. The second-order valence-electron chi connectivity index (χ2n) is 8.18. The Labute approximate surface area is 205 Å². The number of ketones is 1. The average Bonchev–Trinajstić information content (AvgIpc) is 3.33. The minimum absolute atomic E-state index is 0. The Hall–Kier alpha value is -2.98. The fourth-order valence-electron chi connectivity index (χ4n) is 3.97. The third-order valence-corrected chi connectivity index (χ3v) is 5.87. The number of carbonyl (C=O) groups excluding carboxylic acids is 1. The number of aryl methyl sites for hydroxylation is 2. The fraction of sp³-hybridized carbons (Fsp3) is 0.417. The van der Waals surface area contributed by atoms with E-state index in [0.29, 0.717) is 42.4 Å². The molecule has 3 aromatic rings. The van der Waals surface area contributed by atoms with Crippen LogP contribution in [-0.2, 0) is 12.8 Å². The van der Waals surface area contributed by atoms with Crippen LogP contribution in [0.1, 0.15) is 53.7 Å². The molecular weight excluding hydrogens is 455 g/mol. The molecule has 1 atom stereocenters. The van der Waals surface area contributed by atoms with Crippen molar-refractivity contribution in [1.82, 2.24) is 25.1 Å². The van der Waals surface area contributed by atoms with E-state index in [4.69, 9.17) is 4.74 Å². The van der Waals surface area contributed by atoms with Gasteiger partial charge in [-0.1, -0.05) is 6.92 Å². The molecule has 0 aliphatic carbocycles. The van der Waals surface area contributed by atoms with E-state index in [9.17, 15) is 9.18 Å². The number of nitrogens with zero attached hydrogens (tertiary/aromatic N) is 4. The van der Waals surface area contributed by atoms with E-state index < -0.39 is 5.82 Å². The number of rotatable bonds is 9. The van der Waals surface area contributed by atoms with Crippen LogP contribution in [0.3, 0.4) is 0 Å². The number of Topliss-reactive ketones (excluding diaryl/α,β-unsaturated/α-hetero) is 1. The molecule has 1 aliphatic rings. The third-order valence-electron chi connectivity index (χ3n) is 5.87. The van der Waals surface area contributed by atoms with Crippen LogP contribution in [-0.4, -0.2) is 45.7 Å². The van der Waals surface area contributed by atoms with E-state index >= 15 is 0 Å². The lowest BCUT2D eigenvalue weighted by atomic mass is 10.00. The first-order chi connectivity index (χ1) is 16.1. The normalized spacial score (nSPS) is 15.4. The van der Waals surface area contributed by atoms with Crippen LogP contribution in [0.2, 0.25) is 0 Å². The van der Waals surface area contributed by atoms with Gasteiger partial charge in [0.1, 0.15) is 0 Å². The molecule has 1 fully saturated rings. The van der Waals surface area contributed by atoms with Crippen molar-refractivity contribution in [1.29, 1.82) is 0 Å². The van der Waals surface area contributed by atoms with Gasteiger partial charge in [-0.25, -0.2) is 14.4 Å². The number of anilines is 2. The van der Waals surface area contributed by atoms with Crippen LogP contribution in [0, 0.1) is 5.82 Å².